The second-order valence-electron chi connectivity index (χ2n) is 4.10. The van der Waals surface area contributed by atoms with Gasteiger partial charge in [-0.1, -0.05) is 0 Å². The summed E-state index contributed by atoms with van der Waals surface area (Å²) in [7, 11) is 0. The zero-order valence-electron chi connectivity index (χ0n) is 9.52. The zero-order valence-corrected chi connectivity index (χ0v) is 9.52. The highest BCUT2D eigenvalue weighted by Crippen LogP contribution is 2.28. The molecule has 7 heteroatoms. The Hall–Kier alpha value is -1.28. The average molecular weight is 258 g/mol. The number of rotatable bonds is 4. The van der Waals surface area contributed by atoms with Crippen molar-refractivity contribution in [3.05, 3.63) is 12.2 Å². The number of hydrogen-bond acceptors (Lipinski definition) is 7. The molecule has 2 rings (SSSR count). The Labute approximate surface area is 103 Å². The molecule has 0 aliphatic carbocycles. The molecule has 7 nitrogen and oxygen atoms in total. The Morgan fingerprint density at radius 1 is 1.22 bits per heavy atom. The number of esters is 1. The Bertz CT molecular complexity index is 364. The van der Waals surface area contributed by atoms with E-state index >= 15 is 0 Å². The molecule has 0 spiro atoms. The molecule has 2 aliphatic rings. The predicted octanol–water partition coefficient (Wildman–Crippen LogP) is -1.83. The number of ketones is 1. The highest BCUT2D eigenvalue weighted by molar-refractivity contribution is 5.96. The van der Waals surface area contributed by atoms with Crippen LogP contribution in [0.2, 0.25) is 0 Å². The summed E-state index contributed by atoms with van der Waals surface area (Å²) < 4.78 is 15.6. The molecule has 0 unspecified atom stereocenters. The van der Waals surface area contributed by atoms with E-state index in [0.29, 0.717) is 0 Å². The number of carbonyl (C=O) groups is 2. The summed E-state index contributed by atoms with van der Waals surface area (Å²) in [6, 6.07) is 0. The number of aliphatic hydroxyl groups excluding tert-OH is 2. The lowest BCUT2D eigenvalue weighted by atomic mass is 10.1. The lowest BCUT2D eigenvalue weighted by Crippen LogP contribution is -2.33. The maximum atomic E-state index is 11.4. The molecule has 100 valence electrons. The van der Waals surface area contributed by atoms with Gasteiger partial charge in [-0.05, 0) is 6.08 Å². The first-order chi connectivity index (χ1) is 8.61. The molecule has 0 radical (unpaired) electrons. The van der Waals surface area contributed by atoms with E-state index in [-0.39, 0.29) is 13.2 Å². The molecule has 0 bridgehead atoms. The second-order valence-corrected chi connectivity index (χ2v) is 4.10. The Balaban J connectivity index is 1.85. The van der Waals surface area contributed by atoms with E-state index in [1.165, 1.54) is 0 Å². The smallest absolute Gasteiger partial charge is 0.331 e. The zero-order chi connectivity index (χ0) is 13.1. The summed E-state index contributed by atoms with van der Waals surface area (Å²) in [6.07, 6.45) is -0.340. The third kappa shape index (κ3) is 2.75. The molecule has 2 heterocycles. The fourth-order valence-corrected chi connectivity index (χ4v) is 1.95. The standard InChI is InChI=1S/C11H14O7/c12-3-6(13)1-2-9(15)18-8-5-17-10-7(14)4-16-11(8)10/h1-2,7-8,10-12,14H,3-5H2/b2-1-/t7-,8-,10-,11-/m1/s1. The minimum Gasteiger partial charge on any atom is -0.454 e. The Morgan fingerprint density at radius 2 is 1.94 bits per heavy atom. The van der Waals surface area contributed by atoms with Crippen molar-refractivity contribution in [1.82, 2.24) is 0 Å². The molecule has 2 saturated heterocycles. The van der Waals surface area contributed by atoms with Crippen LogP contribution in [-0.2, 0) is 23.8 Å². The molecular weight excluding hydrogens is 244 g/mol. The fourth-order valence-electron chi connectivity index (χ4n) is 1.95. The van der Waals surface area contributed by atoms with Crippen molar-refractivity contribution in [3.8, 4) is 0 Å². The topological polar surface area (TPSA) is 102 Å². The maximum absolute atomic E-state index is 11.4. The fraction of sp³-hybridized carbons (Fsp3) is 0.636. The van der Waals surface area contributed by atoms with E-state index in [0.717, 1.165) is 12.2 Å². The first-order valence-corrected chi connectivity index (χ1v) is 5.55. The molecule has 2 N–H and O–H groups in total. The molecule has 0 amide bonds. The Morgan fingerprint density at radius 3 is 2.67 bits per heavy atom. The first kappa shape index (κ1) is 13.2. The van der Waals surface area contributed by atoms with Gasteiger partial charge in [0.1, 0.15) is 24.9 Å². The van der Waals surface area contributed by atoms with E-state index in [9.17, 15) is 14.7 Å². The van der Waals surface area contributed by atoms with E-state index in [1.54, 1.807) is 0 Å². The van der Waals surface area contributed by atoms with E-state index in [4.69, 9.17) is 19.3 Å². The monoisotopic (exact) mass is 258 g/mol. The highest BCUT2D eigenvalue weighted by atomic mass is 16.6. The molecule has 18 heavy (non-hydrogen) atoms. The van der Waals surface area contributed by atoms with Crippen molar-refractivity contribution >= 4 is 11.8 Å². The third-order valence-electron chi connectivity index (χ3n) is 2.81. The Kier molecular flexibility index (Phi) is 4.07. The summed E-state index contributed by atoms with van der Waals surface area (Å²) in [5, 5.41) is 17.9. The van der Waals surface area contributed by atoms with E-state index in [1.807, 2.05) is 0 Å². The molecule has 0 aromatic carbocycles. The van der Waals surface area contributed by atoms with Crippen molar-refractivity contribution in [1.29, 1.82) is 0 Å². The first-order valence-electron chi connectivity index (χ1n) is 5.55. The summed E-state index contributed by atoms with van der Waals surface area (Å²) >= 11 is 0. The SMILES string of the molecule is O=C(/C=C\C(=O)O[C@@H]1CO[C@H]2[C@@H]1OC[C@H]2O)CO. The quantitative estimate of drug-likeness (QED) is 0.452. The van der Waals surface area contributed by atoms with Crippen LogP contribution in [0.25, 0.3) is 0 Å². The van der Waals surface area contributed by atoms with Gasteiger partial charge in [-0.2, -0.15) is 0 Å². The molecule has 2 aliphatic heterocycles. The van der Waals surface area contributed by atoms with Gasteiger partial charge in [-0.15, -0.1) is 0 Å². The van der Waals surface area contributed by atoms with Crippen molar-refractivity contribution < 1.29 is 34.0 Å². The van der Waals surface area contributed by atoms with Crippen molar-refractivity contribution in [3.63, 3.8) is 0 Å². The lowest BCUT2D eigenvalue weighted by Gasteiger charge is -2.15. The van der Waals surface area contributed by atoms with Crippen LogP contribution in [0.5, 0.6) is 0 Å². The van der Waals surface area contributed by atoms with Crippen LogP contribution < -0.4 is 0 Å². The van der Waals surface area contributed by atoms with Gasteiger partial charge >= 0.3 is 5.97 Å². The molecule has 2 fully saturated rings. The van der Waals surface area contributed by atoms with Crippen LogP contribution in [0.1, 0.15) is 0 Å². The van der Waals surface area contributed by atoms with Crippen molar-refractivity contribution in [2.45, 2.75) is 24.4 Å². The minimum atomic E-state index is -0.712. The number of aliphatic hydroxyl groups is 2. The van der Waals surface area contributed by atoms with Crippen molar-refractivity contribution in [2.75, 3.05) is 19.8 Å². The van der Waals surface area contributed by atoms with Gasteiger partial charge in [0.05, 0.1) is 13.2 Å². The third-order valence-corrected chi connectivity index (χ3v) is 2.81. The van der Waals surface area contributed by atoms with Crippen molar-refractivity contribution in [2.24, 2.45) is 0 Å². The van der Waals surface area contributed by atoms with Crippen LogP contribution in [0.4, 0.5) is 0 Å². The summed E-state index contributed by atoms with van der Waals surface area (Å²) in [6.45, 7) is -0.349. The van der Waals surface area contributed by atoms with Crippen LogP contribution in [-0.4, -0.2) is 66.2 Å². The molecule has 0 saturated carbocycles. The number of carbonyl (C=O) groups excluding carboxylic acids is 2. The second kappa shape index (κ2) is 5.57. The number of hydrogen-bond donors (Lipinski definition) is 2. The summed E-state index contributed by atoms with van der Waals surface area (Å²) in [4.78, 5) is 22.1. The largest absolute Gasteiger partial charge is 0.454 e. The van der Waals surface area contributed by atoms with Gasteiger partial charge in [0.2, 0.25) is 0 Å². The summed E-state index contributed by atoms with van der Waals surface area (Å²) in [5.41, 5.74) is 0. The van der Waals surface area contributed by atoms with Gasteiger partial charge in [-0.3, -0.25) is 4.79 Å². The van der Waals surface area contributed by atoms with Gasteiger partial charge in [0.25, 0.3) is 0 Å². The molecule has 4 atom stereocenters. The lowest BCUT2D eigenvalue weighted by molar-refractivity contribution is -0.147. The van der Waals surface area contributed by atoms with E-state index < -0.39 is 42.8 Å². The van der Waals surface area contributed by atoms with Gasteiger partial charge in [0, 0.05) is 6.08 Å². The van der Waals surface area contributed by atoms with Gasteiger partial charge in [0.15, 0.2) is 11.9 Å². The number of ether oxygens (including phenoxy) is 3. The average Bonchev–Trinajstić information content (AvgIpc) is 2.91. The summed E-state index contributed by atoms with van der Waals surface area (Å²) in [5.74, 6) is -1.30. The molecule has 0 aromatic rings. The number of fused-ring (bicyclic) bond motifs is 1. The van der Waals surface area contributed by atoms with Crippen LogP contribution >= 0.6 is 0 Å². The molecule has 0 aromatic heterocycles. The van der Waals surface area contributed by atoms with Crippen LogP contribution in [0.15, 0.2) is 12.2 Å². The van der Waals surface area contributed by atoms with Crippen LogP contribution in [0, 0.1) is 0 Å². The van der Waals surface area contributed by atoms with Gasteiger partial charge < -0.3 is 24.4 Å². The minimum absolute atomic E-state index is 0.153. The van der Waals surface area contributed by atoms with Gasteiger partial charge in [-0.25, -0.2) is 4.79 Å². The van der Waals surface area contributed by atoms with E-state index in [2.05, 4.69) is 0 Å². The highest BCUT2D eigenvalue weighted by Gasteiger charge is 2.48. The maximum Gasteiger partial charge on any atom is 0.331 e. The van der Waals surface area contributed by atoms with Crippen LogP contribution in [0.3, 0.4) is 0 Å². The molecular formula is C11H14O7. The predicted molar refractivity (Wildman–Crippen MR) is 56.6 cm³/mol. The normalized spacial score (nSPS) is 34.8.